The average molecular weight is 588 g/mol. The molecule has 0 spiro atoms. The van der Waals surface area contributed by atoms with Crippen molar-refractivity contribution >= 4 is 5.91 Å². The van der Waals surface area contributed by atoms with Crippen molar-refractivity contribution in [2.45, 2.75) is 179 Å². The summed E-state index contributed by atoms with van der Waals surface area (Å²) in [5.74, 6) is 0.0167. The number of unbranched alkanes of at least 4 members (excludes halogenated alkanes) is 17. The van der Waals surface area contributed by atoms with Gasteiger partial charge in [-0.2, -0.15) is 0 Å². The molecule has 1 fully saturated rings. The van der Waals surface area contributed by atoms with Gasteiger partial charge in [0.1, 0.15) is 23.9 Å². The summed E-state index contributed by atoms with van der Waals surface area (Å²) in [5.41, 5.74) is -1.85. The van der Waals surface area contributed by atoms with Crippen molar-refractivity contribution in [1.82, 2.24) is 4.90 Å². The third kappa shape index (κ3) is 16.6. The quantitative estimate of drug-likeness (QED) is 0.0874. The molecule has 8 nitrogen and oxygen atoms in total. The Labute approximate surface area is 250 Å². The first-order valence-corrected chi connectivity index (χ1v) is 17.1. The zero-order valence-electron chi connectivity index (χ0n) is 26.5. The van der Waals surface area contributed by atoms with Gasteiger partial charge in [0.2, 0.25) is 5.91 Å². The summed E-state index contributed by atoms with van der Waals surface area (Å²) in [5, 5.41) is 51.6. The molecule has 8 heteroatoms. The molecule has 244 valence electrons. The maximum atomic E-state index is 13.1. The summed E-state index contributed by atoms with van der Waals surface area (Å²) in [7, 11) is 0. The monoisotopic (exact) mass is 587 g/mol. The first-order valence-electron chi connectivity index (χ1n) is 17.1. The van der Waals surface area contributed by atoms with Gasteiger partial charge in [-0.25, -0.2) is 0 Å². The number of aliphatic hydroxyl groups is 5. The number of rotatable bonds is 26. The van der Waals surface area contributed by atoms with Crippen molar-refractivity contribution in [2.75, 3.05) is 26.3 Å². The Morgan fingerprint density at radius 3 is 1.76 bits per heavy atom. The van der Waals surface area contributed by atoms with E-state index in [2.05, 4.69) is 13.8 Å². The molecule has 0 saturated carbocycles. The number of ether oxygens (including phenoxy) is 1. The van der Waals surface area contributed by atoms with Crippen molar-refractivity contribution in [3.8, 4) is 0 Å². The number of nitrogens with zero attached hydrogens (tertiary/aromatic N) is 1. The van der Waals surface area contributed by atoms with E-state index in [4.69, 9.17) is 4.74 Å². The number of carbonyl (C=O) groups is 1. The molecule has 1 aliphatic rings. The van der Waals surface area contributed by atoms with Gasteiger partial charge in [-0.1, -0.05) is 123 Å². The zero-order chi connectivity index (χ0) is 30.3. The minimum atomic E-state index is -1.85. The van der Waals surface area contributed by atoms with Crippen LogP contribution in [0.15, 0.2) is 0 Å². The van der Waals surface area contributed by atoms with E-state index < -0.39 is 36.6 Å². The highest BCUT2D eigenvalue weighted by Crippen LogP contribution is 2.29. The van der Waals surface area contributed by atoms with Gasteiger partial charge in [-0.15, -0.1) is 0 Å². The maximum absolute atomic E-state index is 13.1. The average Bonchev–Trinajstić information content (AvgIpc) is 2.95. The molecule has 1 heterocycles. The third-order valence-electron chi connectivity index (χ3n) is 8.63. The number of amides is 1. The van der Waals surface area contributed by atoms with E-state index in [1.165, 1.54) is 77.0 Å². The van der Waals surface area contributed by atoms with E-state index in [0.29, 0.717) is 13.0 Å². The van der Waals surface area contributed by atoms with E-state index in [-0.39, 0.29) is 25.5 Å². The highest BCUT2D eigenvalue weighted by atomic mass is 16.5. The second-order valence-electron chi connectivity index (χ2n) is 12.5. The van der Waals surface area contributed by atoms with Crippen molar-refractivity contribution in [3.63, 3.8) is 0 Å². The van der Waals surface area contributed by atoms with E-state index in [1.54, 1.807) is 4.90 Å². The predicted molar refractivity (Wildman–Crippen MR) is 165 cm³/mol. The number of hydrogen-bond donors (Lipinski definition) is 5. The van der Waals surface area contributed by atoms with Crippen LogP contribution in [0.1, 0.15) is 149 Å². The van der Waals surface area contributed by atoms with E-state index in [9.17, 15) is 30.3 Å². The van der Waals surface area contributed by atoms with Crippen LogP contribution < -0.4 is 0 Å². The van der Waals surface area contributed by atoms with Gasteiger partial charge in [0.05, 0.1) is 19.3 Å². The molecule has 1 rings (SSSR count). The Morgan fingerprint density at radius 1 is 0.805 bits per heavy atom. The molecule has 5 N–H and O–H groups in total. The van der Waals surface area contributed by atoms with Crippen LogP contribution in [0.25, 0.3) is 0 Å². The standard InChI is InChI=1S/C33H65NO7/c1-3-5-7-9-10-11-12-13-14-15-16-17-19-21-23-34(30(37)22-20-18-8-6-4-2)25-28(36)24-33(40)27-41-29(26-35)31(38)32(33)39/h28-29,31-32,35-36,38-40H,3-27H2,1-2H3/t28?,29-,31-,32+,33-/m1/s1. The summed E-state index contributed by atoms with van der Waals surface area (Å²) >= 11 is 0. The lowest BCUT2D eigenvalue weighted by atomic mass is 9.83. The molecule has 0 aliphatic carbocycles. The summed E-state index contributed by atoms with van der Waals surface area (Å²) < 4.78 is 5.32. The normalized spacial score (nSPS) is 23.5. The van der Waals surface area contributed by atoms with Gasteiger partial charge in [0, 0.05) is 25.9 Å². The maximum Gasteiger partial charge on any atom is 0.222 e. The van der Waals surface area contributed by atoms with E-state index in [1.807, 2.05) is 0 Å². The minimum absolute atomic E-state index is 0.0167. The van der Waals surface area contributed by atoms with Crippen molar-refractivity contribution < 1.29 is 35.1 Å². The van der Waals surface area contributed by atoms with Crippen molar-refractivity contribution in [3.05, 3.63) is 0 Å². The molecule has 5 atom stereocenters. The van der Waals surface area contributed by atoms with Crippen molar-refractivity contribution in [2.24, 2.45) is 0 Å². The highest BCUT2D eigenvalue weighted by molar-refractivity contribution is 5.76. The molecule has 1 aliphatic heterocycles. The summed E-state index contributed by atoms with van der Waals surface area (Å²) in [4.78, 5) is 14.8. The predicted octanol–water partition coefficient (Wildman–Crippen LogP) is 5.25. The van der Waals surface area contributed by atoms with Crippen LogP contribution in [0.5, 0.6) is 0 Å². The first kappa shape index (κ1) is 38.3. The van der Waals surface area contributed by atoms with Crippen molar-refractivity contribution in [1.29, 1.82) is 0 Å². The molecule has 0 aromatic heterocycles. The number of carbonyl (C=O) groups excluding carboxylic acids is 1. The van der Waals surface area contributed by atoms with Crippen LogP contribution in [-0.4, -0.2) is 92.7 Å². The second kappa shape index (κ2) is 23.7. The Hall–Kier alpha value is -0.770. The molecule has 0 aromatic rings. The van der Waals surface area contributed by atoms with Gasteiger partial charge in [-0.05, 0) is 12.8 Å². The van der Waals surface area contributed by atoms with Crippen LogP contribution in [-0.2, 0) is 9.53 Å². The van der Waals surface area contributed by atoms with Crippen LogP contribution in [0.2, 0.25) is 0 Å². The molecule has 1 saturated heterocycles. The third-order valence-corrected chi connectivity index (χ3v) is 8.63. The number of hydrogen-bond acceptors (Lipinski definition) is 7. The zero-order valence-corrected chi connectivity index (χ0v) is 26.5. The summed E-state index contributed by atoms with van der Waals surface area (Å²) in [6.07, 6.45) is 18.1. The first-order chi connectivity index (χ1) is 19.8. The van der Waals surface area contributed by atoms with Gasteiger partial charge in [0.25, 0.3) is 0 Å². The lowest BCUT2D eigenvalue weighted by Crippen LogP contribution is -2.63. The molecular weight excluding hydrogens is 522 g/mol. The van der Waals surface area contributed by atoms with E-state index >= 15 is 0 Å². The Bertz CT molecular complexity index is 637. The van der Waals surface area contributed by atoms with Gasteiger partial charge >= 0.3 is 0 Å². The Balaban J connectivity index is 2.41. The summed E-state index contributed by atoms with van der Waals surface area (Å²) in [6, 6.07) is 0. The number of aliphatic hydroxyl groups excluding tert-OH is 4. The molecule has 41 heavy (non-hydrogen) atoms. The van der Waals surface area contributed by atoms with Crippen LogP contribution in [0, 0.1) is 0 Å². The molecule has 0 bridgehead atoms. The van der Waals surface area contributed by atoms with Gasteiger partial charge < -0.3 is 35.2 Å². The molecule has 1 unspecified atom stereocenters. The smallest absolute Gasteiger partial charge is 0.222 e. The fourth-order valence-corrected chi connectivity index (χ4v) is 5.88. The minimum Gasteiger partial charge on any atom is -0.394 e. The fourth-order valence-electron chi connectivity index (χ4n) is 5.88. The van der Waals surface area contributed by atoms with Gasteiger partial charge in [0.15, 0.2) is 0 Å². The molecule has 0 aromatic carbocycles. The largest absolute Gasteiger partial charge is 0.394 e. The highest BCUT2D eigenvalue weighted by Gasteiger charge is 2.49. The topological polar surface area (TPSA) is 131 Å². The Kier molecular flexibility index (Phi) is 22.1. The van der Waals surface area contributed by atoms with Crippen LogP contribution >= 0.6 is 0 Å². The molecular formula is C33H65NO7. The molecule has 1 amide bonds. The Morgan fingerprint density at radius 2 is 1.27 bits per heavy atom. The lowest BCUT2D eigenvalue weighted by Gasteiger charge is -2.44. The lowest BCUT2D eigenvalue weighted by molar-refractivity contribution is -0.247. The fraction of sp³-hybridized carbons (Fsp3) is 0.970. The second-order valence-corrected chi connectivity index (χ2v) is 12.5. The van der Waals surface area contributed by atoms with Gasteiger partial charge in [-0.3, -0.25) is 4.79 Å². The van der Waals surface area contributed by atoms with Crippen LogP contribution in [0.4, 0.5) is 0 Å². The van der Waals surface area contributed by atoms with E-state index in [0.717, 1.165) is 44.9 Å². The molecule has 0 radical (unpaired) electrons. The van der Waals surface area contributed by atoms with Crippen LogP contribution in [0.3, 0.4) is 0 Å². The summed E-state index contributed by atoms with van der Waals surface area (Å²) in [6.45, 7) is 4.27. The SMILES string of the molecule is CCCCCCCCCCCCCCCCN(CC(O)C[C@@]1(O)CO[C@H](CO)[C@@H](O)[C@@H]1O)C(=O)CCCCCCC.